The zero-order valence-electron chi connectivity index (χ0n) is 15.8. The van der Waals surface area contributed by atoms with Gasteiger partial charge in [-0.25, -0.2) is 8.42 Å². The molecule has 0 aromatic heterocycles. The van der Waals surface area contributed by atoms with Crippen molar-refractivity contribution in [1.29, 1.82) is 0 Å². The van der Waals surface area contributed by atoms with Crippen LogP contribution in [0.2, 0.25) is 0 Å². The Morgan fingerprint density at radius 1 is 1.22 bits per heavy atom. The molecular weight excluding hydrogens is 384 g/mol. The molecule has 0 aliphatic carbocycles. The molecule has 1 amide bonds. The summed E-state index contributed by atoms with van der Waals surface area (Å²) in [5, 5.41) is 0. The maximum atomic E-state index is 13.0. The molecule has 1 unspecified atom stereocenters. The van der Waals surface area contributed by atoms with Crippen molar-refractivity contribution in [1.82, 2.24) is 9.80 Å². The van der Waals surface area contributed by atoms with Crippen molar-refractivity contribution in [3.63, 3.8) is 0 Å². The normalized spacial score (nSPS) is 21.5. The van der Waals surface area contributed by atoms with Gasteiger partial charge in [0.1, 0.15) is 9.84 Å². The third kappa shape index (κ3) is 6.20. The molecule has 2 aliphatic heterocycles. The maximum absolute atomic E-state index is 13.0. The average Bonchev–Trinajstić information content (AvgIpc) is 3.18. The Balaban J connectivity index is 1.55. The smallest absolute Gasteiger partial charge is 0.255 e. The van der Waals surface area contributed by atoms with Crippen LogP contribution >= 0.6 is 11.8 Å². The van der Waals surface area contributed by atoms with Gasteiger partial charge in [0.05, 0.1) is 17.4 Å². The lowest BCUT2D eigenvalue weighted by Crippen LogP contribution is -2.49. The summed E-state index contributed by atoms with van der Waals surface area (Å²) in [5.74, 6) is 1.11. The standard InChI is InChI=1S/C19H28N2O4S2/c1-27(23,24)14-12-20-8-10-21(11-9-20)19(22)17-6-2-3-7-18(17)26-15-16-5-4-13-25-16/h2-3,6-7,16H,4-5,8-15H2,1H3. The number of piperazine rings is 1. The molecule has 2 aliphatic rings. The lowest BCUT2D eigenvalue weighted by molar-refractivity contribution is 0.0640. The van der Waals surface area contributed by atoms with Gasteiger partial charge in [-0.3, -0.25) is 9.69 Å². The van der Waals surface area contributed by atoms with Crippen molar-refractivity contribution in [3.8, 4) is 0 Å². The van der Waals surface area contributed by atoms with Gasteiger partial charge in [0.2, 0.25) is 0 Å². The third-order valence-electron chi connectivity index (χ3n) is 5.00. The van der Waals surface area contributed by atoms with Crippen molar-refractivity contribution in [2.24, 2.45) is 0 Å². The predicted molar refractivity (Wildman–Crippen MR) is 108 cm³/mol. The Morgan fingerprint density at radius 2 is 1.96 bits per heavy atom. The first-order chi connectivity index (χ1) is 12.9. The molecule has 2 fully saturated rings. The number of hydrogen-bond donors (Lipinski definition) is 0. The number of benzene rings is 1. The van der Waals surface area contributed by atoms with E-state index < -0.39 is 9.84 Å². The van der Waals surface area contributed by atoms with Gasteiger partial charge >= 0.3 is 0 Å². The molecule has 3 rings (SSSR count). The number of rotatable bonds is 7. The molecule has 0 radical (unpaired) electrons. The molecule has 8 heteroatoms. The summed E-state index contributed by atoms with van der Waals surface area (Å²) in [6.07, 6.45) is 3.77. The molecule has 2 saturated heterocycles. The van der Waals surface area contributed by atoms with Crippen LogP contribution in [-0.4, -0.2) is 87.3 Å². The summed E-state index contributed by atoms with van der Waals surface area (Å²) in [6.45, 7) is 4.07. The van der Waals surface area contributed by atoms with E-state index in [0.29, 0.717) is 32.7 Å². The van der Waals surface area contributed by atoms with Crippen LogP contribution in [0.25, 0.3) is 0 Å². The first kappa shape index (κ1) is 20.6. The number of thioether (sulfide) groups is 1. The van der Waals surface area contributed by atoms with Gasteiger partial charge in [-0.15, -0.1) is 11.8 Å². The minimum Gasteiger partial charge on any atom is -0.377 e. The van der Waals surface area contributed by atoms with Crippen LogP contribution < -0.4 is 0 Å². The molecule has 27 heavy (non-hydrogen) atoms. The lowest BCUT2D eigenvalue weighted by Gasteiger charge is -2.34. The zero-order chi connectivity index (χ0) is 19.3. The minimum absolute atomic E-state index is 0.0632. The van der Waals surface area contributed by atoms with E-state index in [9.17, 15) is 13.2 Å². The maximum Gasteiger partial charge on any atom is 0.255 e. The topological polar surface area (TPSA) is 66.9 Å². The number of sulfone groups is 1. The molecule has 6 nitrogen and oxygen atoms in total. The van der Waals surface area contributed by atoms with Crippen molar-refractivity contribution < 1.29 is 17.9 Å². The second kappa shape index (κ2) is 9.41. The Kier molecular flexibility index (Phi) is 7.19. The summed E-state index contributed by atoms with van der Waals surface area (Å²) < 4.78 is 28.3. The third-order valence-corrected chi connectivity index (χ3v) is 7.13. The van der Waals surface area contributed by atoms with E-state index in [-0.39, 0.29) is 17.8 Å². The van der Waals surface area contributed by atoms with Crippen LogP contribution in [0, 0.1) is 0 Å². The molecule has 0 bridgehead atoms. The molecule has 2 heterocycles. The highest BCUT2D eigenvalue weighted by atomic mass is 32.2. The number of carbonyl (C=O) groups is 1. The Hall–Kier alpha value is -1.09. The van der Waals surface area contributed by atoms with Crippen molar-refractivity contribution >= 4 is 27.5 Å². The van der Waals surface area contributed by atoms with Crippen LogP contribution in [0.15, 0.2) is 29.2 Å². The van der Waals surface area contributed by atoms with E-state index in [1.165, 1.54) is 6.26 Å². The fraction of sp³-hybridized carbons (Fsp3) is 0.632. The largest absolute Gasteiger partial charge is 0.377 e. The van der Waals surface area contributed by atoms with Gasteiger partial charge in [-0.1, -0.05) is 12.1 Å². The minimum atomic E-state index is -2.95. The molecule has 0 spiro atoms. The fourth-order valence-corrected chi connectivity index (χ4v) is 5.07. The molecule has 0 N–H and O–H groups in total. The highest BCUT2D eigenvalue weighted by Gasteiger charge is 2.25. The number of carbonyl (C=O) groups excluding carboxylic acids is 1. The van der Waals surface area contributed by atoms with Gasteiger partial charge < -0.3 is 9.64 Å². The van der Waals surface area contributed by atoms with Crippen LogP contribution in [-0.2, 0) is 14.6 Å². The molecular formula is C19H28N2O4S2. The van der Waals surface area contributed by atoms with E-state index in [1.807, 2.05) is 29.2 Å². The number of ether oxygens (including phenoxy) is 1. The van der Waals surface area contributed by atoms with Crippen molar-refractivity contribution in [2.45, 2.75) is 23.8 Å². The van der Waals surface area contributed by atoms with Gasteiger partial charge in [0, 0.05) is 56.2 Å². The van der Waals surface area contributed by atoms with Gasteiger partial charge in [0.15, 0.2) is 0 Å². The second-order valence-corrected chi connectivity index (χ2v) is 10.5. The zero-order valence-corrected chi connectivity index (χ0v) is 17.4. The van der Waals surface area contributed by atoms with Crippen LogP contribution in [0.4, 0.5) is 0 Å². The van der Waals surface area contributed by atoms with Crippen LogP contribution in [0.1, 0.15) is 23.2 Å². The van der Waals surface area contributed by atoms with E-state index >= 15 is 0 Å². The Morgan fingerprint density at radius 3 is 2.63 bits per heavy atom. The quantitative estimate of drug-likeness (QED) is 0.636. The summed E-state index contributed by atoms with van der Waals surface area (Å²) in [5.41, 5.74) is 0.755. The van der Waals surface area contributed by atoms with Gasteiger partial charge in [-0.05, 0) is 25.0 Å². The van der Waals surface area contributed by atoms with Crippen LogP contribution in [0.5, 0.6) is 0 Å². The fourth-order valence-electron chi connectivity index (χ4n) is 3.37. The van der Waals surface area contributed by atoms with Crippen LogP contribution in [0.3, 0.4) is 0 Å². The first-order valence-corrected chi connectivity index (χ1v) is 12.5. The first-order valence-electron chi connectivity index (χ1n) is 9.45. The van der Waals surface area contributed by atoms with E-state index in [1.54, 1.807) is 11.8 Å². The number of amides is 1. The molecule has 1 aromatic rings. The summed E-state index contributed by atoms with van der Waals surface area (Å²) in [6, 6.07) is 7.79. The van der Waals surface area contributed by atoms with E-state index in [2.05, 4.69) is 4.90 Å². The van der Waals surface area contributed by atoms with E-state index in [0.717, 1.165) is 35.7 Å². The highest BCUT2D eigenvalue weighted by molar-refractivity contribution is 7.99. The Bertz CT molecular complexity index is 740. The second-order valence-electron chi connectivity index (χ2n) is 7.21. The Labute approximate surface area is 166 Å². The monoisotopic (exact) mass is 412 g/mol. The van der Waals surface area contributed by atoms with E-state index in [4.69, 9.17) is 4.74 Å². The SMILES string of the molecule is CS(=O)(=O)CCN1CCN(C(=O)c2ccccc2SCC2CCCO2)CC1. The summed E-state index contributed by atoms with van der Waals surface area (Å²) in [7, 11) is -2.95. The molecule has 150 valence electrons. The van der Waals surface area contributed by atoms with Gasteiger partial charge in [-0.2, -0.15) is 0 Å². The highest BCUT2D eigenvalue weighted by Crippen LogP contribution is 2.27. The predicted octanol–water partition coefficient (Wildman–Crippen LogP) is 1.76. The molecule has 1 atom stereocenters. The number of hydrogen-bond acceptors (Lipinski definition) is 6. The van der Waals surface area contributed by atoms with Crippen molar-refractivity contribution in [2.75, 3.05) is 57.1 Å². The van der Waals surface area contributed by atoms with Gasteiger partial charge in [0.25, 0.3) is 5.91 Å². The molecule has 0 saturated carbocycles. The summed E-state index contributed by atoms with van der Waals surface area (Å²) >= 11 is 1.70. The number of nitrogens with zero attached hydrogens (tertiary/aromatic N) is 2. The summed E-state index contributed by atoms with van der Waals surface area (Å²) in [4.78, 5) is 18.0. The average molecular weight is 413 g/mol. The molecule has 1 aromatic carbocycles. The van der Waals surface area contributed by atoms with Crippen molar-refractivity contribution in [3.05, 3.63) is 29.8 Å². The lowest BCUT2D eigenvalue weighted by atomic mass is 10.2.